The molecule has 1 saturated heterocycles. The van der Waals surface area contributed by atoms with Crippen LogP contribution in [0.3, 0.4) is 0 Å². The fraction of sp³-hybridized carbons (Fsp3) is 0.250. The van der Waals surface area contributed by atoms with Gasteiger partial charge in [-0.2, -0.15) is 0 Å². The quantitative estimate of drug-likeness (QED) is 0.500. The normalized spacial score (nSPS) is 19.7. The van der Waals surface area contributed by atoms with Crippen molar-refractivity contribution in [2.45, 2.75) is 24.9 Å². The first-order valence-electron chi connectivity index (χ1n) is 9.61. The smallest absolute Gasteiger partial charge is 0.0165 e. The summed E-state index contributed by atoms with van der Waals surface area (Å²) in [6.07, 6.45) is 6.96. The van der Waals surface area contributed by atoms with Gasteiger partial charge in [0.15, 0.2) is 0 Å². The van der Waals surface area contributed by atoms with E-state index in [1.165, 1.54) is 42.2 Å². The van der Waals surface area contributed by atoms with Crippen LogP contribution in [0, 0.1) is 0 Å². The van der Waals surface area contributed by atoms with E-state index in [0.717, 1.165) is 5.66 Å². The molecule has 1 fully saturated rings. The molecule has 0 aromatic heterocycles. The average molecular weight is 376 g/mol. The van der Waals surface area contributed by atoms with Gasteiger partial charge < -0.3 is 0 Å². The maximum atomic E-state index is 2.36. The lowest BCUT2D eigenvalue weighted by Crippen LogP contribution is -2.17. The van der Waals surface area contributed by atoms with Gasteiger partial charge in [-0.05, 0) is 61.1 Å². The van der Waals surface area contributed by atoms with E-state index in [4.69, 9.17) is 0 Å². The highest BCUT2D eigenvalue weighted by Crippen LogP contribution is 2.51. The molecule has 0 N–H and O–H groups in total. The molecule has 1 unspecified atom stereocenters. The van der Waals surface area contributed by atoms with Crippen molar-refractivity contribution in [3.63, 3.8) is 0 Å². The Hall–Kier alpha value is -1.48. The maximum Gasteiger partial charge on any atom is -0.0165 e. The van der Waals surface area contributed by atoms with Crippen molar-refractivity contribution in [1.29, 1.82) is 0 Å². The second-order valence-electron chi connectivity index (χ2n) is 6.94. The molecule has 0 saturated carbocycles. The molecule has 0 radical (unpaired) electrons. The third kappa shape index (κ3) is 4.25. The van der Waals surface area contributed by atoms with Crippen molar-refractivity contribution in [1.82, 2.24) is 0 Å². The molecule has 3 aromatic carbocycles. The summed E-state index contributed by atoms with van der Waals surface area (Å²) < 4.78 is 0. The Morgan fingerprint density at radius 2 is 1.27 bits per heavy atom. The third-order valence-corrected chi connectivity index (χ3v) is 11.0. The van der Waals surface area contributed by atoms with Gasteiger partial charge in [-0.25, -0.2) is 0 Å². The number of hydrogen-bond donors (Lipinski definition) is 0. The predicted octanol–water partition coefficient (Wildman–Crippen LogP) is 5.48. The minimum atomic E-state index is -0.245. The van der Waals surface area contributed by atoms with Gasteiger partial charge in [0.25, 0.3) is 0 Å². The summed E-state index contributed by atoms with van der Waals surface area (Å²) >= 11 is 0. The Balaban J connectivity index is 1.51. The summed E-state index contributed by atoms with van der Waals surface area (Å²) in [5, 5.41) is 4.67. The van der Waals surface area contributed by atoms with E-state index in [9.17, 15) is 0 Å². The molecule has 4 rings (SSSR count). The molecule has 1 aliphatic heterocycles. The molecule has 0 spiro atoms. The zero-order chi connectivity index (χ0) is 17.6. The van der Waals surface area contributed by atoms with E-state index in [0.29, 0.717) is 0 Å². The van der Waals surface area contributed by atoms with Crippen LogP contribution >= 0.6 is 15.8 Å². The lowest BCUT2D eigenvalue weighted by Gasteiger charge is -2.24. The van der Waals surface area contributed by atoms with Gasteiger partial charge >= 0.3 is 0 Å². The zero-order valence-electron chi connectivity index (χ0n) is 15.2. The summed E-state index contributed by atoms with van der Waals surface area (Å²) in [7, 11) is -0.206. The molecule has 1 heterocycles. The number of rotatable bonds is 6. The SMILES string of the molecule is c1ccc(P(CCC2CCC[P@@]2c2ccccc2)c2ccccc2)cc1. The predicted molar refractivity (Wildman–Crippen MR) is 119 cm³/mol. The van der Waals surface area contributed by atoms with Crippen molar-refractivity contribution < 1.29 is 0 Å². The summed E-state index contributed by atoms with van der Waals surface area (Å²) in [5.41, 5.74) is 0.907. The number of hydrogen-bond acceptors (Lipinski definition) is 0. The summed E-state index contributed by atoms with van der Waals surface area (Å²) in [6, 6.07) is 33.7. The van der Waals surface area contributed by atoms with Crippen molar-refractivity contribution in [2.24, 2.45) is 0 Å². The van der Waals surface area contributed by atoms with Crippen LogP contribution in [-0.2, 0) is 0 Å². The van der Waals surface area contributed by atoms with Gasteiger partial charge in [-0.3, -0.25) is 0 Å². The molecule has 26 heavy (non-hydrogen) atoms. The number of benzene rings is 3. The average Bonchev–Trinajstić information content (AvgIpc) is 3.19. The third-order valence-electron chi connectivity index (χ3n) is 5.29. The second-order valence-corrected chi connectivity index (χ2v) is 11.9. The Morgan fingerprint density at radius 1 is 0.731 bits per heavy atom. The molecule has 0 amide bonds. The Bertz CT molecular complexity index is 747. The molecule has 132 valence electrons. The van der Waals surface area contributed by atoms with Crippen molar-refractivity contribution in [3.05, 3.63) is 91.0 Å². The first-order chi connectivity index (χ1) is 12.9. The lowest BCUT2D eigenvalue weighted by molar-refractivity contribution is 0.760. The van der Waals surface area contributed by atoms with E-state index in [-0.39, 0.29) is 15.8 Å². The van der Waals surface area contributed by atoms with Crippen molar-refractivity contribution in [2.75, 3.05) is 12.3 Å². The summed E-state index contributed by atoms with van der Waals surface area (Å²) in [5.74, 6) is 0. The van der Waals surface area contributed by atoms with Gasteiger partial charge in [-0.1, -0.05) is 98.9 Å². The minimum absolute atomic E-state index is 0.0383. The van der Waals surface area contributed by atoms with Crippen LogP contribution in [-0.4, -0.2) is 18.0 Å². The van der Waals surface area contributed by atoms with E-state index in [1.54, 1.807) is 5.30 Å². The molecule has 2 heteroatoms. The standard InChI is InChI=1S/C24H26P2/c1-4-11-21(12-5-1)25-19-10-17-24(25)18-20-26(22-13-6-2-7-14-22)23-15-8-3-9-16-23/h1-9,11-16,24H,10,17-20H2/t24?,25-/m0/s1. The monoisotopic (exact) mass is 376 g/mol. The minimum Gasteiger partial charge on any atom is -0.0721 e. The summed E-state index contributed by atoms with van der Waals surface area (Å²) in [4.78, 5) is 0. The fourth-order valence-corrected chi connectivity index (χ4v) is 9.71. The van der Waals surface area contributed by atoms with Crippen LogP contribution in [0.15, 0.2) is 91.0 Å². The van der Waals surface area contributed by atoms with Crippen LogP contribution < -0.4 is 15.9 Å². The van der Waals surface area contributed by atoms with Crippen molar-refractivity contribution in [3.8, 4) is 0 Å². The van der Waals surface area contributed by atoms with Gasteiger partial charge in [0, 0.05) is 0 Å². The first kappa shape index (κ1) is 17.9. The second kappa shape index (κ2) is 8.94. The van der Waals surface area contributed by atoms with E-state index in [2.05, 4.69) is 91.0 Å². The van der Waals surface area contributed by atoms with Gasteiger partial charge in [-0.15, -0.1) is 0 Å². The molecule has 1 aliphatic rings. The van der Waals surface area contributed by atoms with Gasteiger partial charge in [0.2, 0.25) is 0 Å². The Morgan fingerprint density at radius 3 is 1.85 bits per heavy atom. The van der Waals surface area contributed by atoms with Crippen LogP contribution in [0.5, 0.6) is 0 Å². The van der Waals surface area contributed by atoms with Crippen LogP contribution in [0.2, 0.25) is 0 Å². The van der Waals surface area contributed by atoms with Crippen LogP contribution in [0.25, 0.3) is 0 Å². The molecule has 2 atom stereocenters. The highest BCUT2D eigenvalue weighted by atomic mass is 31.1. The van der Waals surface area contributed by atoms with E-state index in [1.807, 2.05) is 0 Å². The zero-order valence-corrected chi connectivity index (χ0v) is 17.0. The van der Waals surface area contributed by atoms with E-state index < -0.39 is 0 Å². The van der Waals surface area contributed by atoms with Crippen LogP contribution in [0.4, 0.5) is 0 Å². The molecule has 3 aromatic rings. The fourth-order valence-electron chi connectivity index (χ4n) is 4.00. The lowest BCUT2D eigenvalue weighted by atomic mass is 10.2. The highest BCUT2D eigenvalue weighted by Gasteiger charge is 2.28. The Kier molecular flexibility index (Phi) is 6.16. The molecule has 0 nitrogen and oxygen atoms in total. The van der Waals surface area contributed by atoms with Crippen LogP contribution in [0.1, 0.15) is 19.3 Å². The molecule has 0 aliphatic carbocycles. The maximum absolute atomic E-state index is 2.36. The molecular weight excluding hydrogens is 350 g/mol. The highest BCUT2D eigenvalue weighted by molar-refractivity contribution is 7.73. The summed E-state index contributed by atoms with van der Waals surface area (Å²) in [6.45, 7) is 0. The first-order valence-corrected chi connectivity index (χ1v) is 12.7. The molecule has 0 bridgehead atoms. The van der Waals surface area contributed by atoms with E-state index >= 15 is 0 Å². The Labute approximate surface area is 160 Å². The van der Waals surface area contributed by atoms with Gasteiger partial charge in [0.05, 0.1) is 0 Å². The largest absolute Gasteiger partial charge is 0.0721 e. The topological polar surface area (TPSA) is 0 Å². The van der Waals surface area contributed by atoms with Crippen molar-refractivity contribution >= 4 is 31.8 Å². The van der Waals surface area contributed by atoms with Gasteiger partial charge in [0.1, 0.15) is 0 Å². The molecular formula is C24H26P2.